The summed E-state index contributed by atoms with van der Waals surface area (Å²) >= 11 is 0. The van der Waals surface area contributed by atoms with E-state index in [0.717, 1.165) is 24.2 Å². The predicted octanol–water partition coefficient (Wildman–Crippen LogP) is 2.66. The van der Waals surface area contributed by atoms with E-state index in [1.54, 1.807) is 0 Å². The standard InChI is InChI=1S/C20H24N2O6S/c1-13-10-18(14(2)22(13)16-8-9-16)19(23)12-28-20(24)15-6-5-7-17(11-15)29(25,26)21(3)27-4/h5-7,10-11,16H,8-9,12H2,1-4H3. The zero-order valence-corrected chi connectivity index (χ0v) is 17.7. The zero-order chi connectivity index (χ0) is 21.3. The number of carbonyl (C=O) groups is 2. The Kier molecular flexibility index (Phi) is 5.92. The fraction of sp³-hybridized carbons (Fsp3) is 0.400. The molecule has 0 saturated heterocycles. The molecule has 0 atom stereocenters. The van der Waals surface area contributed by atoms with Crippen molar-refractivity contribution in [3.8, 4) is 0 Å². The van der Waals surface area contributed by atoms with Crippen molar-refractivity contribution < 1.29 is 27.6 Å². The molecule has 1 heterocycles. The third-order valence-electron chi connectivity index (χ3n) is 4.99. The molecule has 0 unspecified atom stereocenters. The molecule has 0 amide bonds. The average molecular weight is 420 g/mol. The molecule has 1 aliphatic carbocycles. The Hall–Kier alpha value is -2.49. The lowest BCUT2D eigenvalue weighted by Crippen LogP contribution is -2.26. The first-order chi connectivity index (χ1) is 13.7. The first-order valence-corrected chi connectivity index (χ1v) is 10.6. The molecule has 0 spiro atoms. The van der Waals surface area contributed by atoms with Crippen LogP contribution >= 0.6 is 0 Å². The van der Waals surface area contributed by atoms with Gasteiger partial charge in [-0.3, -0.25) is 9.63 Å². The molecule has 0 bridgehead atoms. The number of benzene rings is 1. The van der Waals surface area contributed by atoms with Crippen LogP contribution in [0.4, 0.5) is 0 Å². The number of Topliss-reactive ketones (excluding diaryl/α,β-unsaturated/α-hetero) is 1. The molecule has 0 aliphatic heterocycles. The molecule has 1 aliphatic rings. The summed E-state index contributed by atoms with van der Waals surface area (Å²) < 4.78 is 32.6. The number of hydrogen-bond acceptors (Lipinski definition) is 6. The van der Waals surface area contributed by atoms with Gasteiger partial charge < -0.3 is 9.30 Å². The lowest BCUT2D eigenvalue weighted by Gasteiger charge is -2.14. The van der Waals surface area contributed by atoms with Crippen LogP contribution in [0, 0.1) is 13.8 Å². The number of rotatable bonds is 8. The molecule has 156 valence electrons. The maximum atomic E-state index is 12.6. The van der Waals surface area contributed by atoms with E-state index in [-0.39, 0.29) is 16.2 Å². The van der Waals surface area contributed by atoms with Crippen molar-refractivity contribution in [1.82, 2.24) is 9.04 Å². The fourth-order valence-electron chi connectivity index (χ4n) is 3.28. The Labute approximate surface area is 170 Å². The van der Waals surface area contributed by atoms with E-state index in [0.29, 0.717) is 16.1 Å². The Morgan fingerprint density at radius 1 is 1.21 bits per heavy atom. The molecule has 2 aromatic rings. The molecule has 1 saturated carbocycles. The minimum Gasteiger partial charge on any atom is -0.454 e. The van der Waals surface area contributed by atoms with Crippen molar-refractivity contribution in [3.05, 3.63) is 52.8 Å². The van der Waals surface area contributed by atoms with Crippen molar-refractivity contribution >= 4 is 21.8 Å². The molecule has 29 heavy (non-hydrogen) atoms. The van der Waals surface area contributed by atoms with Gasteiger partial charge in [-0.25, -0.2) is 13.2 Å². The van der Waals surface area contributed by atoms with Gasteiger partial charge in [-0.2, -0.15) is 0 Å². The highest BCUT2D eigenvalue weighted by Gasteiger charge is 2.28. The fourth-order valence-corrected chi connectivity index (χ4v) is 4.30. The molecule has 3 rings (SSSR count). The van der Waals surface area contributed by atoms with E-state index in [2.05, 4.69) is 4.57 Å². The summed E-state index contributed by atoms with van der Waals surface area (Å²) in [6, 6.07) is 7.66. The van der Waals surface area contributed by atoms with Crippen molar-refractivity contribution in [2.24, 2.45) is 0 Å². The summed E-state index contributed by atoms with van der Waals surface area (Å²) in [4.78, 5) is 29.5. The predicted molar refractivity (Wildman–Crippen MR) is 105 cm³/mol. The number of hydroxylamine groups is 1. The summed E-state index contributed by atoms with van der Waals surface area (Å²) in [5.41, 5.74) is 2.47. The van der Waals surface area contributed by atoms with E-state index in [1.165, 1.54) is 38.4 Å². The van der Waals surface area contributed by atoms with E-state index < -0.39 is 22.6 Å². The van der Waals surface area contributed by atoms with Crippen molar-refractivity contribution in [2.75, 3.05) is 20.8 Å². The number of sulfonamides is 1. The highest BCUT2D eigenvalue weighted by atomic mass is 32.2. The SMILES string of the molecule is CON(C)S(=O)(=O)c1cccc(C(=O)OCC(=O)c2cc(C)n(C3CC3)c2C)c1. The van der Waals surface area contributed by atoms with Gasteiger partial charge >= 0.3 is 5.97 Å². The number of nitrogens with zero attached hydrogens (tertiary/aromatic N) is 2. The molecular formula is C20H24N2O6S. The van der Waals surface area contributed by atoms with Gasteiger partial charge in [0.15, 0.2) is 6.61 Å². The summed E-state index contributed by atoms with van der Waals surface area (Å²) in [7, 11) is -1.42. The van der Waals surface area contributed by atoms with Crippen LogP contribution in [0.1, 0.15) is 51.0 Å². The Bertz CT molecular complexity index is 1050. The number of ether oxygens (including phenoxy) is 1. The quantitative estimate of drug-likeness (QED) is 0.370. The van der Waals surface area contributed by atoms with Crippen LogP contribution in [0.15, 0.2) is 35.2 Å². The zero-order valence-electron chi connectivity index (χ0n) is 16.8. The maximum Gasteiger partial charge on any atom is 0.338 e. The Morgan fingerprint density at radius 2 is 1.90 bits per heavy atom. The topological polar surface area (TPSA) is 94.9 Å². The van der Waals surface area contributed by atoms with Gasteiger partial charge in [0.2, 0.25) is 5.78 Å². The van der Waals surface area contributed by atoms with Gasteiger partial charge in [-0.15, -0.1) is 0 Å². The number of hydrogen-bond donors (Lipinski definition) is 0. The Morgan fingerprint density at radius 3 is 2.52 bits per heavy atom. The molecule has 9 heteroatoms. The Balaban J connectivity index is 1.71. The normalized spacial score (nSPS) is 14.2. The summed E-state index contributed by atoms with van der Waals surface area (Å²) in [6.07, 6.45) is 2.22. The number of aryl methyl sites for hydroxylation is 1. The minimum absolute atomic E-state index is 0.0341. The minimum atomic E-state index is -3.90. The van der Waals surface area contributed by atoms with Crippen LogP contribution in [0.25, 0.3) is 0 Å². The third kappa shape index (κ3) is 4.26. The lowest BCUT2D eigenvalue weighted by atomic mass is 10.1. The smallest absolute Gasteiger partial charge is 0.338 e. The second kappa shape index (κ2) is 8.10. The summed E-state index contributed by atoms with van der Waals surface area (Å²) in [6.45, 7) is 3.43. The number of aromatic nitrogens is 1. The molecule has 1 aromatic heterocycles. The largest absolute Gasteiger partial charge is 0.454 e. The summed E-state index contributed by atoms with van der Waals surface area (Å²) in [5.74, 6) is -1.06. The van der Waals surface area contributed by atoms with E-state index in [9.17, 15) is 18.0 Å². The molecule has 0 N–H and O–H groups in total. The highest BCUT2D eigenvalue weighted by molar-refractivity contribution is 7.89. The molecule has 1 aromatic carbocycles. The second-order valence-corrected chi connectivity index (χ2v) is 8.95. The monoisotopic (exact) mass is 420 g/mol. The maximum absolute atomic E-state index is 12.6. The first-order valence-electron chi connectivity index (χ1n) is 9.18. The molecule has 1 fully saturated rings. The average Bonchev–Trinajstić information content (AvgIpc) is 3.49. The van der Waals surface area contributed by atoms with Crippen LogP contribution in [-0.2, 0) is 19.6 Å². The van der Waals surface area contributed by atoms with E-state index >= 15 is 0 Å². The van der Waals surface area contributed by atoms with Crippen LogP contribution in [0.5, 0.6) is 0 Å². The number of ketones is 1. The molecular weight excluding hydrogens is 396 g/mol. The third-order valence-corrected chi connectivity index (χ3v) is 6.67. The van der Waals surface area contributed by atoms with Gasteiger partial charge in [-0.1, -0.05) is 10.5 Å². The van der Waals surface area contributed by atoms with Gasteiger partial charge in [0.05, 0.1) is 17.6 Å². The summed E-state index contributed by atoms with van der Waals surface area (Å²) in [5, 5.41) is 0. The van der Waals surface area contributed by atoms with Crippen molar-refractivity contribution in [1.29, 1.82) is 0 Å². The van der Waals surface area contributed by atoms with Crippen molar-refractivity contribution in [3.63, 3.8) is 0 Å². The number of carbonyl (C=O) groups excluding carboxylic acids is 2. The first kappa shape index (κ1) is 21.2. The van der Waals surface area contributed by atoms with Gasteiger partial charge in [-0.05, 0) is 51.0 Å². The van der Waals surface area contributed by atoms with Crippen LogP contribution < -0.4 is 0 Å². The van der Waals surface area contributed by atoms with Gasteiger partial charge in [0.1, 0.15) is 0 Å². The van der Waals surface area contributed by atoms with Crippen molar-refractivity contribution in [2.45, 2.75) is 37.6 Å². The van der Waals surface area contributed by atoms with E-state index in [4.69, 9.17) is 9.57 Å². The van der Waals surface area contributed by atoms with Crippen LogP contribution in [0.3, 0.4) is 0 Å². The lowest BCUT2D eigenvalue weighted by molar-refractivity contribution is -0.0258. The van der Waals surface area contributed by atoms with Crippen LogP contribution in [0.2, 0.25) is 0 Å². The van der Waals surface area contributed by atoms with Gasteiger partial charge in [0.25, 0.3) is 10.0 Å². The number of esters is 1. The second-order valence-electron chi connectivity index (χ2n) is 7.01. The highest BCUT2D eigenvalue weighted by Crippen LogP contribution is 2.38. The van der Waals surface area contributed by atoms with Crippen LogP contribution in [-0.4, -0.2) is 50.0 Å². The molecule has 0 radical (unpaired) electrons. The van der Waals surface area contributed by atoms with E-state index in [1.807, 2.05) is 19.9 Å². The molecule has 8 nitrogen and oxygen atoms in total. The van der Waals surface area contributed by atoms with Gasteiger partial charge in [0, 0.05) is 30.0 Å².